The molecule has 7 nitrogen and oxygen atoms in total. The Labute approximate surface area is 187 Å². The number of rotatable bonds is 5. The lowest BCUT2D eigenvalue weighted by Gasteiger charge is -2.04. The fraction of sp³-hybridized carbons (Fsp3) is 0. The van der Waals surface area contributed by atoms with Crippen molar-refractivity contribution in [2.45, 2.75) is 0 Å². The molecule has 0 unspecified atom stereocenters. The summed E-state index contributed by atoms with van der Waals surface area (Å²) in [5, 5.41) is 9.46. The Kier molecular flexibility index (Phi) is 4.26. The minimum atomic E-state index is -0.616. The van der Waals surface area contributed by atoms with Crippen molar-refractivity contribution in [2.24, 2.45) is 0 Å². The molecule has 33 heavy (non-hydrogen) atoms. The highest BCUT2D eigenvalue weighted by Gasteiger charge is 2.25. The van der Waals surface area contributed by atoms with E-state index in [1.807, 2.05) is 71.4 Å². The quantitative estimate of drug-likeness (QED) is 0.229. The number of hydrogen-bond acceptors (Lipinski definition) is 4. The molecule has 6 aromatic rings. The molecule has 0 aliphatic rings. The van der Waals surface area contributed by atoms with Gasteiger partial charge in [0.25, 0.3) is 0 Å². The maximum atomic E-state index is 12.6. The molecule has 2 N–H and O–H groups in total. The molecule has 0 saturated heterocycles. The van der Waals surface area contributed by atoms with Crippen molar-refractivity contribution in [2.75, 3.05) is 0 Å². The normalized spacial score (nSPS) is 11.3. The molecule has 6 rings (SSSR count). The van der Waals surface area contributed by atoms with E-state index in [0.29, 0.717) is 17.5 Å². The first-order valence-electron chi connectivity index (χ1n) is 10.4. The molecular formula is C26H17N5O2. The van der Waals surface area contributed by atoms with Crippen LogP contribution in [0, 0.1) is 0 Å². The summed E-state index contributed by atoms with van der Waals surface area (Å²) in [4.78, 5) is 31.4. The largest absolute Gasteiger partial charge is 0.357 e. The number of nitrogens with zero attached hydrogens (tertiary/aromatic N) is 3. The minimum absolute atomic E-state index is 0.237. The van der Waals surface area contributed by atoms with E-state index in [1.165, 1.54) is 0 Å². The lowest BCUT2D eigenvalue weighted by molar-refractivity contribution is -0.104. The third kappa shape index (κ3) is 2.90. The van der Waals surface area contributed by atoms with Gasteiger partial charge in [0.2, 0.25) is 5.78 Å². The molecule has 158 valence electrons. The summed E-state index contributed by atoms with van der Waals surface area (Å²) < 4.78 is 2.03. The Hall–Kier alpha value is -4.78. The summed E-state index contributed by atoms with van der Waals surface area (Å²) in [7, 11) is 0. The van der Waals surface area contributed by atoms with Gasteiger partial charge in [-0.05, 0) is 24.3 Å². The summed E-state index contributed by atoms with van der Waals surface area (Å²) in [5.74, 6) is -0.616. The van der Waals surface area contributed by atoms with Crippen LogP contribution in [0.25, 0.3) is 49.9 Å². The molecule has 0 aliphatic heterocycles. The van der Waals surface area contributed by atoms with Crippen LogP contribution in [-0.4, -0.2) is 36.8 Å². The standard InChI is InChI=1S/C26H17N5O2/c32-15-23(33)26-24(19(13-28-26)25-18-8-1-3-9-21(18)29-30-25)20-14-31(16-6-5-11-27-12-16)22-10-4-2-7-17(20)22/h1-15,28H,(H,29,30). The van der Waals surface area contributed by atoms with E-state index >= 15 is 0 Å². The van der Waals surface area contributed by atoms with Crippen LogP contribution >= 0.6 is 0 Å². The average Bonchev–Trinajstić information content (AvgIpc) is 3.58. The number of ketones is 1. The van der Waals surface area contributed by atoms with Gasteiger partial charge in [-0.25, -0.2) is 0 Å². The molecule has 0 amide bonds. The third-order valence-corrected chi connectivity index (χ3v) is 5.86. The zero-order chi connectivity index (χ0) is 22.4. The van der Waals surface area contributed by atoms with Crippen LogP contribution in [0.5, 0.6) is 0 Å². The predicted molar refractivity (Wildman–Crippen MR) is 126 cm³/mol. The molecule has 0 spiro atoms. The number of carbonyl (C=O) groups excluding carboxylic acids is 2. The smallest absolute Gasteiger partial charge is 0.242 e. The Morgan fingerprint density at radius 1 is 0.939 bits per heavy atom. The number of benzene rings is 2. The van der Waals surface area contributed by atoms with Crippen LogP contribution in [0.15, 0.2) is 85.5 Å². The van der Waals surface area contributed by atoms with Gasteiger partial charge in [-0.1, -0.05) is 36.4 Å². The van der Waals surface area contributed by atoms with Crippen molar-refractivity contribution in [3.8, 4) is 28.1 Å². The second kappa shape index (κ2) is 7.42. The number of H-pyrrole nitrogens is 2. The van der Waals surface area contributed by atoms with E-state index in [0.717, 1.165) is 38.6 Å². The number of aromatic nitrogens is 5. The van der Waals surface area contributed by atoms with Crippen molar-refractivity contribution < 1.29 is 9.59 Å². The van der Waals surface area contributed by atoms with Gasteiger partial charge in [0.15, 0.2) is 6.29 Å². The maximum absolute atomic E-state index is 12.6. The van der Waals surface area contributed by atoms with Gasteiger partial charge in [-0.2, -0.15) is 5.10 Å². The zero-order valence-corrected chi connectivity index (χ0v) is 17.3. The number of nitrogens with one attached hydrogen (secondary N) is 2. The average molecular weight is 431 g/mol. The Morgan fingerprint density at radius 2 is 1.76 bits per heavy atom. The number of aldehydes is 1. The second-order valence-electron chi connectivity index (χ2n) is 7.69. The van der Waals surface area contributed by atoms with Crippen molar-refractivity contribution in [3.05, 3.63) is 91.1 Å². The number of hydrogen-bond donors (Lipinski definition) is 2. The Morgan fingerprint density at radius 3 is 2.58 bits per heavy atom. The summed E-state index contributed by atoms with van der Waals surface area (Å²) >= 11 is 0. The number of carbonyl (C=O) groups is 2. The van der Waals surface area contributed by atoms with E-state index in [9.17, 15) is 9.59 Å². The van der Waals surface area contributed by atoms with E-state index in [4.69, 9.17) is 0 Å². The molecule has 0 saturated carbocycles. The predicted octanol–water partition coefficient (Wildman–Crippen LogP) is 4.95. The van der Waals surface area contributed by atoms with Crippen molar-refractivity contribution >= 4 is 33.9 Å². The molecule has 0 atom stereocenters. The molecule has 7 heteroatoms. The maximum Gasteiger partial charge on any atom is 0.242 e. The lowest BCUT2D eigenvalue weighted by atomic mass is 9.96. The van der Waals surface area contributed by atoms with Crippen LogP contribution < -0.4 is 0 Å². The molecule has 4 aromatic heterocycles. The SMILES string of the molecule is O=CC(=O)c1[nH]cc(-c2n[nH]c3ccccc23)c1-c1cn(-c2cccnc2)c2ccccc12. The van der Waals surface area contributed by atoms with Gasteiger partial charge < -0.3 is 9.55 Å². The van der Waals surface area contributed by atoms with Gasteiger partial charge in [-0.15, -0.1) is 0 Å². The van der Waals surface area contributed by atoms with Crippen LogP contribution in [0.2, 0.25) is 0 Å². The number of para-hydroxylation sites is 2. The topological polar surface area (TPSA) is 96.4 Å². The number of pyridine rings is 1. The van der Waals surface area contributed by atoms with Crippen LogP contribution in [0.1, 0.15) is 10.5 Å². The van der Waals surface area contributed by atoms with Crippen LogP contribution in [-0.2, 0) is 4.79 Å². The highest BCUT2D eigenvalue weighted by atomic mass is 16.2. The summed E-state index contributed by atoms with van der Waals surface area (Å²) in [6.45, 7) is 0. The van der Waals surface area contributed by atoms with E-state index in [2.05, 4.69) is 20.2 Å². The Balaban J connectivity index is 1.69. The van der Waals surface area contributed by atoms with E-state index in [-0.39, 0.29) is 5.69 Å². The van der Waals surface area contributed by atoms with Gasteiger partial charge in [0, 0.05) is 46.1 Å². The van der Waals surface area contributed by atoms with Gasteiger partial charge in [-0.3, -0.25) is 19.7 Å². The Bertz CT molecular complexity index is 1660. The minimum Gasteiger partial charge on any atom is -0.357 e. The first kappa shape index (κ1) is 18.9. The second-order valence-corrected chi connectivity index (χ2v) is 7.69. The molecular weight excluding hydrogens is 414 g/mol. The molecule has 0 radical (unpaired) electrons. The van der Waals surface area contributed by atoms with Crippen LogP contribution in [0.3, 0.4) is 0 Å². The van der Waals surface area contributed by atoms with E-state index < -0.39 is 5.78 Å². The zero-order valence-electron chi connectivity index (χ0n) is 17.3. The number of fused-ring (bicyclic) bond motifs is 2. The fourth-order valence-corrected chi connectivity index (χ4v) is 4.40. The highest BCUT2D eigenvalue weighted by molar-refractivity contribution is 6.35. The van der Waals surface area contributed by atoms with Gasteiger partial charge in [0.05, 0.1) is 28.6 Å². The van der Waals surface area contributed by atoms with Crippen molar-refractivity contribution in [1.82, 2.24) is 24.7 Å². The van der Waals surface area contributed by atoms with Gasteiger partial charge >= 0.3 is 0 Å². The highest BCUT2D eigenvalue weighted by Crippen LogP contribution is 2.41. The van der Waals surface area contributed by atoms with Gasteiger partial charge in [0.1, 0.15) is 5.69 Å². The van der Waals surface area contributed by atoms with Crippen molar-refractivity contribution in [3.63, 3.8) is 0 Å². The molecule has 0 fully saturated rings. The van der Waals surface area contributed by atoms with Crippen molar-refractivity contribution in [1.29, 1.82) is 0 Å². The third-order valence-electron chi connectivity index (χ3n) is 5.86. The number of Topliss-reactive ketones (excluding diaryl/α,β-unsaturated/α-hetero) is 1. The first-order valence-corrected chi connectivity index (χ1v) is 10.4. The summed E-state index contributed by atoms with van der Waals surface area (Å²) in [6, 6.07) is 19.6. The molecule has 0 aliphatic carbocycles. The molecule has 2 aromatic carbocycles. The lowest BCUT2D eigenvalue weighted by Crippen LogP contribution is -2.02. The summed E-state index contributed by atoms with van der Waals surface area (Å²) in [5.41, 5.74) is 5.90. The van der Waals surface area contributed by atoms with E-state index in [1.54, 1.807) is 18.6 Å². The molecule has 4 heterocycles. The first-order chi connectivity index (χ1) is 16.3. The monoisotopic (exact) mass is 431 g/mol. The van der Waals surface area contributed by atoms with Crippen LogP contribution in [0.4, 0.5) is 0 Å². The molecule has 0 bridgehead atoms. The number of aromatic amines is 2. The summed E-state index contributed by atoms with van der Waals surface area (Å²) in [6.07, 6.45) is 7.56. The fourth-order valence-electron chi connectivity index (χ4n) is 4.40.